The summed E-state index contributed by atoms with van der Waals surface area (Å²) in [6.45, 7) is 12.4. The number of amides is 1. The van der Waals surface area contributed by atoms with Crippen molar-refractivity contribution in [2.24, 2.45) is 5.92 Å². The van der Waals surface area contributed by atoms with E-state index in [-0.39, 0.29) is 5.91 Å². The summed E-state index contributed by atoms with van der Waals surface area (Å²) in [7, 11) is 0. The van der Waals surface area contributed by atoms with Gasteiger partial charge in [-0.15, -0.1) is 0 Å². The third kappa shape index (κ3) is 6.99. The lowest BCUT2D eigenvalue weighted by molar-refractivity contribution is -0.121. The van der Waals surface area contributed by atoms with E-state index in [9.17, 15) is 4.79 Å². The molecule has 0 spiro atoms. The van der Waals surface area contributed by atoms with Gasteiger partial charge in [0.25, 0.3) is 0 Å². The molecule has 2 rings (SSSR count). The van der Waals surface area contributed by atoms with Gasteiger partial charge in [-0.05, 0) is 76.1 Å². The van der Waals surface area contributed by atoms with Crippen LogP contribution in [0.4, 0.5) is 0 Å². The molecule has 1 aromatic carbocycles. The Hall–Kier alpha value is -1.55. The molecule has 26 heavy (non-hydrogen) atoms. The highest BCUT2D eigenvalue weighted by Crippen LogP contribution is 2.19. The second kappa shape index (κ2) is 10.6. The topological polar surface area (TPSA) is 41.6 Å². The lowest BCUT2D eigenvalue weighted by Gasteiger charge is -2.35. The van der Waals surface area contributed by atoms with Crippen LogP contribution >= 0.6 is 0 Å². The van der Waals surface area contributed by atoms with Gasteiger partial charge < -0.3 is 10.1 Å². The molecule has 1 saturated heterocycles. The van der Waals surface area contributed by atoms with Crippen LogP contribution < -0.4 is 10.1 Å². The van der Waals surface area contributed by atoms with Crippen molar-refractivity contribution >= 4 is 5.91 Å². The Morgan fingerprint density at radius 2 is 2.15 bits per heavy atom. The predicted molar refractivity (Wildman–Crippen MR) is 108 cm³/mol. The lowest BCUT2D eigenvalue weighted by atomic mass is 9.99. The van der Waals surface area contributed by atoms with Crippen molar-refractivity contribution in [3.05, 3.63) is 29.3 Å². The van der Waals surface area contributed by atoms with Crippen molar-refractivity contribution < 1.29 is 9.53 Å². The van der Waals surface area contributed by atoms with Crippen molar-refractivity contribution in [1.82, 2.24) is 10.2 Å². The molecular weight excluding hydrogens is 324 g/mol. The number of carbonyl (C=O) groups excluding carboxylic acids is 1. The fraction of sp³-hybridized carbons (Fsp3) is 0.682. The minimum absolute atomic E-state index is 0.161. The number of rotatable bonds is 9. The Kier molecular flexibility index (Phi) is 8.43. The van der Waals surface area contributed by atoms with Gasteiger partial charge in [0.15, 0.2) is 0 Å². The molecule has 0 aromatic heterocycles. The average Bonchev–Trinajstić information content (AvgIpc) is 2.62. The number of unbranched alkanes of at least 4 members (excludes halogenated alkanes) is 1. The maximum absolute atomic E-state index is 12.1. The first-order valence-corrected chi connectivity index (χ1v) is 10.2. The number of aryl methyl sites for hydroxylation is 2. The van der Waals surface area contributed by atoms with Gasteiger partial charge in [0.2, 0.25) is 5.91 Å². The standard InChI is InChI=1S/C22H36N2O2/c1-17-10-11-19(3)21(14-17)26-13-6-5-9-22(25)23-15-20(4)24-12-7-8-18(2)16-24/h10-11,14,18,20H,5-9,12-13,15-16H2,1-4H3,(H,23,25). The van der Waals surface area contributed by atoms with Crippen LogP contribution in [0.5, 0.6) is 5.75 Å². The molecule has 2 atom stereocenters. The second-order valence-corrected chi connectivity index (χ2v) is 7.97. The number of nitrogens with one attached hydrogen (secondary N) is 1. The molecule has 0 radical (unpaired) electrons. The van der Waals surface area contributed by atoms with Crippen molar-refractivity contribution in [2.75, 3.05) is 26.2 Å². The monoisotopic (exact) mass is 360 g/mol. The number of likely N-dealkylation sites (tertiary alicyclic amines) is 1. The Bertz CT molecular complexity index is 573. The third-order valence-electron chi connectivity index (χ3n) is 5.31. The molecule has 1 amide bonds. The number of nitrogens with zero attached hydrogens (tertiary/aromatic N) is 1. The Balaban J connectivity index is 1.56. The highest BCUT2D eigenvalue weighted by Gasteiger charge is 2.20. The molecule has 1 aromatic rings. The molecule has 1 heterocycles. The van der Waals surface area contributed by atoms with E-state index in [4.69, 9.17) is 4.74 Å². The number of hydrogen-bond acceptors (Lipinski definition) is 3. The zero-order valence-electron chi connectivity index (χ0n) is 17.0. The first-order valence-electron chi connectivity index (χ1n) is 10.2. The summed E-state index contributed by atoms with van der Waals surface area (Å²) in [6.07, 6.45) is 4.96. The van der Waals surface area contributed by atoms with E-state index >= 15 is 0 Å². The van der Waals surface area contributed by atoms with Crippen molar-refractivity contribution in [3.8, 4) is 5.75 Å². The summed E-state index contributed by atoms with van der Waals surface area (Å²) < 4.78 is 5.85. The molecule has 2 unspecified atom stereocenters. The van der Waals surface area contributed by atoms with E-state index in [0.717, 1.165) is 49.7 Å². The van der Waals surface area contributed by atoms with E-state index < -0.39 is 0 Å². The first kappa shape index (κ1) is 20.8. The molecule has 0 aliphatic carbocycles. The van der Waals surface area contributed by atoms with Gasteiger partial charge in [-0.1, -0.05) is 19.1 Å². The zero-order valence-corrected chi connectivity index (χ0v) is 17.0. The SMILES string of the molecule is Cc1ccc(C)c(OCCCCC(=O)NCC(C)N2CCCC(C)C2)c1. The number of ether oxygens (including phenoxy) is 1. The van der Waals surface area contributed by atoms with E-state index in [2.05, 4.69) is 56.1 Å². The van der Waals surface area contributed by atoms with Gasteiger partial charge >= 0.3 is 0 Å². The lowest BCUT2D eigenvalue weighted by Crippen LogP contribution is -2.46. The summed E-state index contributed by atoms with van der Waals surface area (Å²) in [5.74, 6) is 1.90. The molecule has 1 aliphatic heterocycles. The number of hydrogen-bond donors (Lipinski definition) is 1. The minimum Gasteiger partial charge on any atom is -0.493 e. The van der Waals surface area contributed by atoms with Crippen LogP contribution in [0.15, 0.2) is 18.2 Å². The zero-order chi connectivity index (χ0) is 18.9. The van der Waals surface area contributed by atoms with Gasteiger partial charge in [0, 0.05) is 25.6 Å². The van der Waals surface area contributed by atoms with Crippen LogP contribution in [0.1, 0.15) is 57.1 Å². The van der Waals surface area contributed by atoms with Crippen molar-refractivity contribution in [1.29, 1.82) is 0 Å². The molecule has 4 heteroatoms. The summed E-state index contributed by atoms with van der Waals surface area (Å²) in [4.78, 5) is 14.6. The Morgan fingerprint density at radius 1 is 1.35 bits per heavy atom. The maximum atomic E-state index is 12.1. The van der Waals surface area contributed by atoms with Crippen LogP contribution in [-0.4, -0.2) is 43.1 Å². The molecular formula is C22H36N2O2. The molecule has 1 N–H and O–H groups in total. The summed E-state index contributed by atoms with van der Waals surface area (Å²) in [6, 6.07) is 6.68. The van der Waals surface area contributed by atoms with Gasteiger partial charge in [-0.2, -0.15) is 0 Å². The quantitative estimate of drug-likeness (QED) is 0.675. The first-order chi connectivity index (χ1) is 12.5. The fourth-order valence-corrected chi connectivity index (χ4v) is 3.54. The van der Waals surface area contributed by atoms with E-state index in [1.165, 1.54) is 18.4 Å². The summed E-state index contributed by atoms with van der Waals surface area (Å²) in [5.41, 5.74) is 2.37. The van der Waals surface area contributed by atoms with Crippen LogP contribution in [0.25, 0.3) is 0 Å². The largest absolute Gasteiger partial charge is 0.493 e. The number of carbonyl (C=O) groups is 1. The summed E-state index contributed by atoms with van der Waals surface area (Å²) in [5, 5.41) is 3.10. The Morgan fingerprint density at radius 3 is 2.92 bits per heavy atom. The van der Waals surface area contributed by atoms with Gasteiger partial charge in [-0.3, -0.25) is 9.69 Å². The highest BCUT2D eigenvalue weighted by atomic mass is 16.5. The molecule has 1 fully saturated rings. The molecule has 0 bridgehead atoms. The number of benzene rings is 1. The molecule has 146 valence electrons. The normalized spacial score (nSPS) is 19.2. The Labute approximate surface area is 159 Å². The van der Waals surface area contributed by atoms with Crippen LogP contribution in [0.3, 0.4) is 0 Å². The second-order valence-electron chi connectivity index (χ2n) is 7.97. The maximum Gasteiger partial charge on any atom is 0.220 e. The third-order valence-corrected chi connectivity index (χ3v) is 5.31. The van der Waals surface area contributed by atoms with Crippen LogP contribution in [0.2, 0.25) is 0 Å². The van der Waals surface area contributed by atoms with E-state index in [1.807, 2.05) is 0 Å². The predicted octanol–water partition coefficient (Wildman–Crippen LogP) is 4.09. The molecule has 1 aliphatic rings. The molecule has 4 nitrogen and oxygen atoms in total. The number of piperidine rings is 1. The minimum atomic E-state index is 0.161. The highest BCUT2D eigenvalue weighted by molar-refractivity contribution is 5.75. The van der Waals surface area contributed by atoms with Gasteiger partial charge in [0.1, 0.15) is 5.75 Å². The van der Waals surface area contributed by atoms with Crippen molar-refractivity contribution in [3.63, 3.8) is 0 Å². The fourth-order valence-electron chi connectivity index (χ4n) is 3.54. The summed E-state index contributed by atoms with van der Waals surface area (Å²) >= 11 is 0. The van der Waals surface area contributed by atoms with Gasteiger partial charge in [0.05, 0.1) is 6.61 Å². The van der Waals surface area contributed by atoms with Gasteiger partial charge in [-0.25, -0.2) is 0 Å². The average molecular weight is 361 g/mol. The van der Waals surface area contributed by atoms with E-state index in [0.29, 0.717) is 19.1 Å². The van der Waals surface area contributed by atoms with Crippen LogP contribution in [0, 0.1) is 19.8 Å². The molecule has 0 saturated carbocycles. The van der Waals surface area contributed by atoms with Crippen LogP contribution in [-0.2, 0) is 4.79 Å². The van der Waals surface area contributed by atoms with Crippen molar-refractivity contribution in [2.45, 2.75) is 65.8 Å². The van der Waals surface area contributed by atoms with E-state index in [1.54, 1.807) is 0 Å². The smallest absolute Gasteiger partial charge is 0.220 e.